The summed E-state index contributed by atoms with van der Waals surface area (Å²) in [5.74, 6) is 6.53. The molecule has 1 saturated heterocycles. The number of rotatable bonds is 2. The predicted octanol–water partition coefficient (Wildman–Crippen LogP) is 0.262. The highest BCUT2D eigenvalue weighted by molar-refractivity contribution is 5.82. The van der Waals surface area contributed by atoms with E-state index in [1.807, 2.05) is 0 Å². The monoisotopic (exact) mass is 385 g/mol. The van der Waals surface area contributed by atoms with Gasteiger partial charge in [0.25, 0.3) is 0 Å². The number of aliphatic hydroxyl groups excluding tert-OH is 3. The lowest BCUT2D eigenvalue weighted by Gasteiger charge is -2.16. The van der Waals surface area contributed by atoms with Gasteiger partial charge in [-0.25, -0.2) is 15.0 Å². The fourth-order valence-corrected chi connectivity index (χ4v) is 3.55. The van der Waals surface area contributed by atoms with Crippen LogP contribution in [0.2, 0.25) is 0 Å². The Hall–Kier alpha value is -2.51. The molecule has 28 heavy (non-hydrogen) atoms. The lowest BCUT2D eigenvalue weighted by Crippen LogP contribution is -2.33. The smallest absolute Gasteiger partial charge is 0.209 e. The Labute approximate surface area is 161 Å². The van der Waals surface area contributed by atoms with Crippen LogP contribution in [0.5, 0.6) is 0 Å². The van der Waals surface area contributed by atoms with Crippen LogP contribution in [0.25, 0.3) is 11.2 Å². The second kappa shape index (κ2) is 7.85. The van der Waals surface area contributed by atoms with Gasteiger partial charge in [-0.05, 0) is 37.2 Å². The zero-order valence-corrected chi connectivity index (χ0v) is 15.3. The van der Waals surface area contributed by atoms with E-state index in [-0.39, 0.29) is 11.6 Å². The summed E-state index contributed by atoms with van der Waals surface area (Å²) in [7, 11) is 0. The van der Waals surface area contributed by atoms with Crippen molar-refractivity contribution in [3.63, 3.8) is 0 Å². The van der Waals surface area contributed by atoms with Crippen LogP contribution in [-0.4, -0.2) is 59.8 Å². The summed E-state index contributed by atoms with van der Waals surface area (Å²) in [6.45, 7) is -0.412. The van der Waals surface area contributed by atoms with Crippen LogP contribution in [0.3, 0.4) is 0 Å². The molecule has 0 unspecified atom stereocenters. The Balaban J connectivity index is 1.69. The van der Waals surface area contributed by atoms with Gasteiger partial charge in [-0.3, -0.25) is 4.57 Å². The average Bonchev–Trinajstić information content (AvgIpc) is 3.10. The van der Waals surface area contributed by atoms with Crippen LogP contribution in [0.1, 0.15) is 44.2 Å². The van der Waals surface area contributed by atoms with Crippen molar-refractivity contribution in [3.8, 4) is 11.8 Å². The molecule has 0 spiro atoms. The first-order valence-corrected chi connectivity index (χ1v) is 9.42. The first-order valence-electron chi connectivity index (χ1n) is 9.42. The van der Waals surface area contributed by atoms with Crippen molar-refractivity contribution in [1.82, 2.24) is 19.5 Å². The molecule has 4 rings (SSSR count). The number of nitrogens with zero attached hydrogens (tertiary/aromatic N) is 4. The van der Waals surface area contributed by atoms with Gasteiger partial charge in [0, 0.05) is 0 Å². The summed E-state index contributed by atoms with van der Waals surface area (Å²) in [6.07, 6.45) is 4.78. The molecule has 2 aromatic rings. The number of imidazole rings is 1. The number of hydrogen-bond acceptors (Lipinski definition) is 8. The first kappa shape index (κ1) is 18.8. The number of hydrogen-bond donors (Lipinski definition) is 4. The first-order chi connectivity index (χ1) is 13.6. The van der Waals surface area contributed by atoms with E-state index in [1.54, 1.807) is 0 Å². The molecular formula is C19H23N5O4. The molecule has 2 aromatic heterocycles. The molecule has 1 aliphatic carbocycles. The van der Waals surface area contributed by atoms with E-state index in [4.69, 9.17) is 10.5 Å². The third-order valence-corrected chi connectivity index (χ3v) is 5.12. The Kier molecular flexibility index (Phi) is 5.28. The second-order valence-electron chi connectivity index (χ2n) is 7.06. The highest BCUT2D eigenvalue weighted by atomic mass is 16.6. The number of aliphatic hydroxyl groups is 3. The Morgan fingerprint density at radius 2 is 2.04 bits per heavy atom. The van der Waals surface area contributed by atoms with Gasteiger partial charge >= 0.3 is 0 Å². The fourth-order valence-electron chi connectivity index (χ4n) is 3.55. The second-order valence-corrected chi connectivity index (χ2v) is 7.06. The summed E-state index contributed by atoms with van der Waals surface area (Å²) in [5.41, 5.74) is 7.80. The fraction of sp³-hybridized carbons (Fsp3) is 0.526. The molecule has 9 heteroatoms. The van der Waals surface area contributed by atoms with Crippen molar-refractivity contribution < 1.29 is 20.1 Å². The number of aromatic nitrogens is 4. The third-order valence-electron chi connectivity index (χ3n) is 5.12. The molecule has 0 saturated carbocycles. The molecule has 0 radical (unpaired) electrons. The summed E-state index contributed by atoms with van der Waals surface area (Å²) in [5, 5.41) is 29.6. The quantitative estimate of drug-likeness (QED) is 0.540. The zero-order valence-electron chi connectivity index (χ0n) is 15.3. The van der Waals surface area contributed by atoms with Gasteiger partial charge in [-0.15, -0.1) is 0 Å². The van der Waals surface area contributed by atoms with Gasteiger partial charge in [0.05, 0.1) is 12.9 Å². The van der Waals surface area contributed by atoms with E-state index in [9.17, 15) is 15.3 Å². The molecular weight excluding hydrogens is 362 g/mol. The molecule has 0 bridgehead atoms. The molecule has 0 aromatic carbocycles. The molecule has 1 fully saturated rings. The van der Waals surface area contributed by atoms with Crippen molar-refractivity contribution in [3.05, 3.63) is 23.8 Å². The van der Waals surface area contributed by atoms with Gasteiger partial charge in [0.2, 0.25) is 5.82 Å². The minimum atomic E-state index is -1.24. The minimum Gasteiger partial charge on any atom is -0.394 e. The average molecular weight is 385 g/mol. The number of nitrogen functional groups attached to an aromatic ring is 1. The van der Waals surface area contributed by atoms with Gasteiger partial charge in [0.15, 0.2) is 17.7 Å². The molecule has 1 aliphatic heterocycles. The number of allylic oxidation sites excluding steroid dienone is 2. The Morgan fingerprint density at radius 1 is 1.18 bits per heavy atom. The summed E-state index contributed by atoms with van der Waals surface area (Å²) in [4.78, 5) is 12.8. The van der Waals surface area contributed by atoms with Crippen LogP contribution in [0, 0.1) is 11.8 Å². The Morgan fingerprint density at radius 3 is 2.82 bits per heavy atom. The number of ether oxygens (including phenoxy) is 1. The van der Waals surface area contributed by atoms with E-state index in [0.717, 1.165) is 24.8 Å². The number of nitrogens with two attached hydrogens (primary N) is 1. The van der Waals surface area contributed by atoms with Crippen LogP contribution < -0.4 is 5.73 Å². The molecule has 5 N–H and O–H groups in total. The van der Waals surface area contributed by atoms with Crippen LogP contribution in [0.4, 0.5) is 5.82 Å². The SMILES string of the molecule is Nc1nc(C#CC2=CCCCCC2)nc2c1ncn2[C@@H]1O[C@H](CO)[C@@H](O)[C@H]1O. The highest BCUT2D eigenvalue weighted by Gasteiger charge is 2.44. The largest absolute Gasteiger partial charge is 0.394 e. The maximum atomic E-state index is 10.3. The summed E-state index contributed by atoms with van der Waals surface area (Å²) in [6, 6.07) is 0. The van der Waals surface area contributed by atoms with E-state index in [2.05, 4.69) is 32.9 Å². The number of fused-ring (bicyclic) bond motifs is 1. The normalized spacial score (nSPS) is 27.9. The predicted molar refractivity (Wildman–Crippen MR) is 101 cm³/mol. The molecule has 148 valence electrons. The lowest BCUT2D eigenvalue weighted by molar-refractivity contribution is -0.0511. The van der Waals surface area contributed by atoms with Gasteiger partial charge < -0.3 is 25.8 Å². The zero-order chi connectivity index (χ0) is 19.7. The summed E-state index contributed by atoms with van der Waals surface area (Å²) < 4.78 is 7.04. The van der Waals surface area contributed by atoms with Crippen molar-refractivity contribution in [2.75, 3.05) is 12.3 Å². The van der Waals surface area contributed by atoms with Crippen LogP contribution in [0.15, 0.2) is 18.0 Å². The van der Waals surface area contributed by atoms with E-state index in [0.29, 0.717) is 11.2 Å². The van der Waals surface area contributed by atoms with Gasteiger partial charge in [-0.2, -0.15) is 0 Å². The van der Waals surface area contributed by atoms with Crippen molar-refractivity contribution in [1.29, 1.82) is 0 Å². The molecule has 4 atom stereocenters. The third kappa shape index (κ3) is 3.47. The van der Waals surface area contributed by atoms with Crippen LogP contribution in [-0.2, 0) is 4.74 Å². The molecule has 3 heterocycles. The highest BCUT2D eigenvalue weighted by Crippen LogP contribution is 2.31. The van der Waals surface area contributed by atoms with Crippen molar-refractivity contribution in [2.24, 2.45) is 0 Å². The molecule has 9 nitrogen and oxygen atoms in total. The van der Waals surface area contributed by atoms with Crippen molar-refractivity contribution in [2.45, 2.75) is 56.6 Å². The van der Waals surface area contributed by atoms with E-state index >= 15 is 0 Å². The Bertz CT molecular complexity index is 960. The standard InChI is InChI=1S/C19H23N5O4/c20-17-14-18(23-13(22-17)8-7-11-5-3-1-2-4-6-11)24(10-21-14)19-16(27)15(26)12(9-25)28-19/h5,10,12,15-16,19,25-27H,1-4,6,9H2,(H2,20,22,23)/t12-,15-,16-,19-/m1/s1. The van der Waals surface area contributed by atoms with E-state index < -0.39 is 31.1 Å². The summed E-state index contributed by atoms with van der Waals surface area (Å²) >= 11 is 0. The minimum absolute atomic E-state index is 0.176. The topological polar surface area (TPSA) is 140 Å². The van der Waals surface area contributed by atoms with E-state index in [1.165, 1.54) is 23.7 Å². The van der Waals surface area contributed by atoms with Gasteiger partial charge in [0.1, 0.15) is 23.8 Å². The molecule has 2 aliphatic rings. The maximum Gasteiger partial charge on any atom is 0.209 e. The van der Waals surface area contributed by atoms with Crippen molar-refractivity contribution >= 4 is 17.0 Å². The number of anilines is 1. The van der Waals surface area contributed by atoms with Crippen LogP contribution >= 0.6 is 0 Å². The molecule has 0 amide bonds. The lowest BCUT2D eigenvalue weighted by atomic mass is 10.1. The maximum absolute atomic E-state index is 10.3. The van der Waals surface area contributed by atoms with Gasteiger partial charge in [-0.1, -0.05) is 18.4 Å².